The third-order valence-corrected chi connectivity index (χ3v) is 4.80. The Labute approximate surface area is 162 Å². The molecule has 5 rings (SSSR count). The molecule has 6 nitrogen and oxygen atoms in total. The van der Waals surface area contributed by atoms with Crippen LogP contribution in [0.3, 0.4) is 0 Å². The van der Waals surface area contributed by atoms with Gasteiger partial charge in [0.05, 0.1) is 30.8 Å². The van der Waals surface area contributed by atoms with Crippen molar-refractivity contribution in [2.24, 2.45) is 0 Å². The van der Waals surface area contributed by atoms with E-state index in [4.69, 9.17) is 0 Å². The number of benzene rings is 1. The molecule has 142 valence electrons. The maximum absolute atomic E-state index is 14.9. The Morgan fingerprint density at radius 3 is 2.62 bits per heavy atom. The van der Waals surface area contributed by atoms with E-state index in [2.05, 4.69) is 15.0 Å². The average molecular weight is 389 g/mol. The van der Waals surface area contributed by atoms with E-state index >= 15 is 0 Å². The van der Waals surface area contributed by atoms with E-state index in [1.54, 1.807) is 41.3 Å². The van der Waals surface area contributed by atoms with E-state index in [-0.39, 0.29) is 17.8 Å². The second-order valence-electron chi connectivity index (χ2n) is 6.59. The van der Waals surface area contributed by atoms with E-state index < -0.39 is 17.2 Å². The fraction of sp³-hybridized carbons (Fsp3) is 0.0476. The van der Waals surface area contributed by atoms with Crippen LogP contribution in [0, 0.1) is 11.6 Å². The van der Waals surface area contributed by atoms with E-state index in [0.29, 0.717) is 16.6 Å². The van der Waals surface area contributed by atoms with Gasteiger partial charge in [-0.2, -0.15) is 0 Å². The number of nitrogens with zero attached hydrogens (tertiary/aromatic N) is 5. The first-order chi connectivity index (χ1) is 14.1. The lowest BCUT2D eigenvalue weighted by Crippen LogP contribution is -2.23. The Hall–Kier alpha value is -3.94. The smallest absolute Gasteiger partial charge is 0.270 e. The molecular formula is C21H13F2N5O. The molecule has 0 aliphatic heterocycles. The summed E-state index contributed by atoms with van der Waals surface area (Å²) in [6.45, 7) is -0.284. The first-order valence-corrected chi connectivity index (χ1v) is 8.81. The van der Waals surface area contributed by atoms with E-state index in [1.165, 1.54) is 22.9 Å². The van der Waals surface area contributed by atoms with Gasteiger partial charge in [-0.15, -0.1) is 0 Å². The topological polar surface area (TPSA) is 65.1 Å². The van der Waals surface area contributed by atoms with Crippen LogP contribution in [0.4, 0.5) is 8.78 Å². The van der Waals surface area contributed by atoms with Crippen molar-refractivity contribution in [1.29, 1.82) is 0 Å². The van der Waals surface area contributed by atoms with Gasteiger partial charge in [0.2, 0.25) is 0 Å². The minimum Gasteiger partial charge on any atom is -0.306 e. The second kappa shape index (κ2) is 6.59. The lowest BCUT2D eigenvalue weighted by molar-refractivity contribution is 0.544. The standard InChI is InChI=1S/C21H13F2N5O/c22-17-6-14(13-3-4-15-8-24-12-27(15)10-13)7-18(23)16(17)11-28-20(29)9-26-19-2-1-5-25-21(19)28/h1-10,12H,11H2. The summed E-state index contributed by atoms with van der Waals surface area (Å²) in [6.07, 6.45) is 7.68. The highest BCUT2D eigenvalue weighted by Gasteiger charge is 2.16. The molecule has 1 aromatic carbocycles. The quantitative estimate of drug-likeness (QED) is 0.474. The predicted molar refractivity (Wildman–Crippen MR) is 103 cm³/mol. The largest absolute Gasteiger partial charge is 0.306 e. The highest BCUT2D eigenvalue weighted by Crippen LogP contribution is 2.26. The van der Waals surface area contributed by atoms with Crippen molar-refractivity contribution >= 4 is 16.7 Å². The van der Waals surface area contributed by atoms with E-state index in [0.717, 1.165) is 11.7 Å². The second-order valence-corrected chi connectivity index (χ2v) is 6.59. The van der Waals surface area contributed by atoms with Gasteiger partial charge in [-0.05, 0) is 41.5 Å². The molecule has 8 heteroatoms. The van der Waals surface area contributed by atoms with Crippen LogP contribution >= 0.6 is 0 Å². The Bertz CT molecular complexity index is 1420. The van der Waals surface area contributed by atoms with Crippen molar-refractivity contribution < 1.29 is 8.78 Å². The van der Waals surface area contributed by atoms with Crippen molar-refractivity contribution in [2.45, 2.75) is 6.54 Å². The number of halogens is 2. The number of imidazole rings is 1. The zero-order valence-corrected chi connectivity index (χ0v) is 15.0. The molecular weight excluding hydrogens is 376 g/mol. The zero-order chi connectivity index (χ0) is 20.0. The first-order valence-electron chi connectivity index (χ1n) is 8.81. The number of aromatic nitrogens is 5. The number of fused-ring (bicyclic) bond motifs is 2. The maximum Gasteiger partial charge on any atom is 0.270 e. The zero-order valence-electron chi connectivity index (χ0n) is 15.0. The molecule has 5 aromatic rings. The van der Waals surface area contributed by atoms with Crippen LogP contribution in [0.15, 0.2) is 72.3 Å². The van der Waals surface area contributed by atoms with Crippen molar-refractivity contribution in [1.82, 2.24) is 23.9 Å². The molecule has 0 bridgehead atoms. The van der Waals surface area contributed by atoms with Crippen LogP contribution in [0.1, 0.15) is 5.56 Å². The minimum atomic E-state index is -0.737. The molecule has 0 atom stereocenters. The van der Waals surface area contributed by atoms with Crippen LogP contribution in [0.2, 0.25) is 0 Å². The fourth-order valence-electron chi connectivity index (χ4n) is 3.32. The number of pyridine rings is 2. The molecule has 0 amide bonds. The van der Waals surface area contributed by atoms with Gasteiger partial charge in [0, 0.05) is 18.0 Å². The van der Waals surface area contributed by atoms with Gasteiger partial charge in [0.25, 0.3) is 5.56 Å². The summed E-state index contributed by atoms with van der Waals surface area (Å²) >= 11 is 0. The third-order valence-electron chi connectivity index (χ3n) is 4.80. The summed E-state index contributed by atoms with van der Waals surface area (Å²) in [6, 6.07) is 9.48. The molecule has 4 aromatic heterocycles. The average Bonchev–Trinajstić information content (AvgIpc) is 3.19. The molecule has 29 heavy (non-hydrogen) atoms. The number of rotatable bonds is 3. The molecule has 0 fully saturated rings. The number of hydrogen-bond donors (Lipinski definition) is 0. The van der Waals surface area contributed by atoms with Crippen LogP contribution in [-0.4, -0.2) is 23.9 Å². The van der Waals surface area contributed by atoms with Crippen molar-refractivity contribution in [3.8, 4) is 11.1 Å². The lowest BCUT2D eigenvalue weighted by atomic mass is 10.0. The molecule has 0 saturated carbocycles. The molecule has 0 unspecified atom stereocenters. The molecule has 4 heterocycles. The van der Waals surface area contributed by atoms with Crippen LogP contribution in [0.25, 0.3) is 27.8 Å². The molecule has 0 aliphatic rings. The fourth-order valence-corrected chi connectivity index (χ4v) is 3.32. The minimum absolute atomic E-state index is 0.210. The van der Waals surface area contributed by atoms with Gasteiger partial charge in [0.1, 0.15) is 17.2 Å². The van der Waals surface area contributed by atoms with Crippen molar-refractivity contribution in [3.05, 3.63) is 95.1 Å². The monoisotopic (exact) mass is 389 g/mol. The Morgan fingerprint density at radius 1 is 0.966 bits per heavy atom. The Balaban J connectivity index is 1.59. The summed E-state index contributed by atoms with van der Waals surface area (Å²) in [5, 5.41) is 0. The molecule has 0 spiro atoms. The Kier molecular flexibility index (Phi) is 3.90. The van der Waals surface area contributed by atoms with Crippen LogP contribution in [0.5, 0.6) is 0 Å². The van der Waals surface area contributed by atoms with Crippen molar-refractivity contribution in [3.63, 3.8) is 0 Å². The van der Waals surface area contributed by atoms with Crippen LogP contribution < -0.4 is 5.56 Å². The lowest BCUT2D eigenvalue weighted by Gasteiger charge is -2.12. The molecule has 0 aliphatic carbocycles. The first kappa shape index (κ1) is 17.2. The van der Waals surface area contributed by atoms with E-state index in [9.17, 15) is 13.6 Å². The predicted octanol–water partition coefficient (Wildman–Crippen LogP) is 3.43. The summed E-state index contributed by atoms with van der Waals surface area (Å²) in [5.74, 6) is -1.47. The summed E-state index contributed by atoms with van der Waals surface area (Å²) in [4.78, 5) is 24.4. The molecule has 0 N–H and O–H groups in total. The van der Waals surface area contributed by atoms with Gasteiger partial charge >= 0.3 is 0 Å². The van der Waals surface area contributed by atoms with E-state index in [1.807, 2.05) is 6.07 Å². The van der Waals surface area contributed by atoms with Gasteiger partial charge < -0.3 is 4.40 Å². The van der Waals surface area contributed by atoms with Gasteiger partial charge in [0.15, 0.2) is 5.65 Å². The third kappa shape index (κ3) is 2.94. The van der Waals surface area contributed by atoms with Gasteiger partial charge in [-0.1, -0.05) is 6.07 Å². The SMILES string of the molecule is O=c1cnc2cccnc2n1Cc1c(F)cc(-c2ccc3cncn3c2)cc1F. The Morgan fingerprint density at radius 2 is 1.79 bits per heavy atom. The maximum atomic E-state index is 14.9. The van der Waals surface area contributed by atoms with Crippen molar-refractivity contribution in [2.75, 3.05) is 0 Å². The normalized spacial score (nSPS) is 11.4. The van der Waals surface area contributed by atoms with Crippen LogP contribution in [-0.2, 0) is 6.54 Å². The summed E-state index contributed by atoms with van der Waals surface area (Å²) in [5.41, 5.74) is 1.97. The summed E-state index contributed by atoms with van der Waals surface area (Å²) in [7, 11) is 0. The highest BCUT2D eigenvalue weighted by atomic mass is 19.1. The number of hydrogen-bond acceptors (Lipinski definition) is 4. The highest BCUT2D eigenvalue weighted by molar-refractivity contribution is 5.69. The summed E-state index contributed by atoms with van der Waals surface area (Å²) < 4.78 is 32.7. The van der Waals surface area contributed by atoms with Gasteiger partial charge in [-0.25, -0.2) is 23.7 Å². The molecule has 0 saturated heterocycles. The van der Waals surface area contributed by atoms with Gasteiger partial charge in [-0.3, -0.25) is 9.36 Å². The molecule has 0 radical (unpaired) electrons.